The van der Waals surface area contributed by atoms with Crippen LogP contribution in [0.15, 0.2) is 48.5 Å². The van der Waals surface area contributed by atoms with Crippen molar-refractivity contribution < 1.29 is 9.59 Å². The molecule has 0 heterocycles. The summed E-state index contributed by atoms with van der Waals surface area (Å²) in [6.07, 6.45) is 0. The number of carbonyl (C=O) groups is 2. The fraction of sp³-hybridized carbons (Fsp3) is 0.222. The van der Waals surface area contributed by atoms with Crippen LogP contribution in [0.4, 0.5) is 0 Å². The maximum atomic E-state index is 12.8. The number of benzene rings is 2. The number of nitrogens with zero attached hydrogens (tertiary/aromatic N) is 1. The summed E-state index contributed by atoms with van der Waals surface area (Å²) in [5.74, 6) is -0.780. The van der Waals surface area contributed by atoms with Crippen molar-refractivity contribution >= 4 is 35.0 Å². The van der Waals surface area contributed by atoms with Crippen molar-refractivity contribution in [1.82, 2.24) is 10.4 Å². The van der Waals surface area contributed by atoms with Crippen LogP contribution < -0.4 is 5.43 Å². The molecule has 0 fully saturated rings. The molecule has 2 amide bonds. The normalized spacial score (nSPS) is 11.0. The maximum absolute atomic E-state index is 12.8. The molecule has 2 aromatic carbocycles. The van der Waals surface area contributed by atoms with Gasteiger partial charge in [-0.25, -0.2) is 5.01 Å². The molecule has 0 saturated carbocycles. The topological polar surface area (TPSA) is 49.4 Å². The van der Waals surface area contributed by atoms with Gasteiger partial charge in [0.1, 0.15) is 0 Å². The van der Waals surface area contributed by atoms with E-state index in [-0.39, 0.29) is 5.91 Å². The summed E-state index contributed by atoms with van der Waals surface area (Å²) in [6, 6.07) is 13.2. The van der Waals surface area contributed by atoms with Crippen LogP contribution in [-0.4, -0.2) is 22.4 Å². The summed E-state index contributed by atoms with van der Waals surface area (Å²) in [4.78, 5) is 25.3. The number of halogens is 2. The number of amides is 2. The van der Waals surface area contributed by atoms with Crippen molar-refractivity contribution in [2.45, 2.75) is 26.3 Å². The van der Waals surface area contributed by atoms with E-state index in [4.69, 9.17) is 23.2 Å². The van der Waals surface area contributed by atoms with E-state index in [1.165, 1.54) is 5.01 Å². The number of nitrogens with one attached hydrogen (secondary N) is 1. The van der Waals surface area contributed by atoms with Crippen LogP contribution in [0.3, 0.4) is 0 Å². The summed E-state index contributed by atoms with van der Waals surface area (Å²) in [5.41, 5.74) is 2.75. The van der Waals surface area contributed by atoms with Crippen molar-refractivity contribution in [2.24, 2.45) is 0 Å². The highest BCUT2D eigenvalue weighted by Crippen LogP contribution is 2.19. The van der Waals surface area contributed by atoms with Gasteiger partial charge < -0.3 is 0 Å². The van der Waals surface area contributed by atoms with Gasteiger partial charge in [0.25, 0.3) is 11.8 Å². The van der Waals surface area contributed by atoms with E-state index in [0.29, 0.717) is 21.2 Å². The van der Waals surface area contributed by atoms with E-state index in [1.54, 1.807) is 48.5 Å². The minimum Gasteiger partial charge on any atom is -0.267 e. The first-order valence-electron chi connectivity index (χ1n) is 7.36. The van der Waals surface area contributed by atoms with Gasteiger partial charge in [0.15, 0.2) is 0 Å². The monoisotopic (exact) mass is 364 g/mol. The number of rotatable bonds is 2. The Morgan fingerprint density at radius 3 is 2.08 bits per heavy atom. The number of hydrogen-bond donors (Lipinski definition) is 1. The minimum absolute atomic E-state index is 0.303. The lowest BCUT2D eigenvalue weighted by Crippen LogP contribution is -2.55. The average Bonchev–Trinajstić information content (AvgIpc) is 2.52. The van der Waals surface area contributed by atoms with Gasteiger partial charge in [-0.05, 0) is 57.2 Å². The van der Waals surface area contributed by atoms with E-state index in [2.05, 4.69) is 5.43 Å². The van der Waals surface area contributed by atoms with Crippen LogP contribution in [0.25, 0.3) is 0 Å². The second-order valence-electron chi connectivity index (χ2n) is 6.24. The summed E-state index contributed by atoms with van der Waals surface area (Å²) in [5, 5.41) is 2.15. The van der Waals surface area contributed by atoms with Gasteiger partial charge in [-0.3, -0.25) is 15.0 Å². The Bertz CT molecular complexity index is 752. The standard InChI is InChI=1S/C18H18Cl2N2O2/c1-18(2,3)22(17(24)12-8-10-13(19)11-9-12)21-16(23)14-6-4-5-7-15(14)20/h4-11H,1-3H3,(H,21,23). The summed E-state index contributed by atoms with van der Waals surface area (Å²) in [7, 11) is 0. The summed E-state index contributed by atoms with van der Waals surface area (Å²) < 4.78 is 0. The smallest absolute Gasteiger partial charge is 0.267 e. The SMILES string of the molecule is CC(C)(C)N(NC(=O)c1ccccc1Cl)C(=O)c1ccc(Cl)cc1. The Kier molecular flexibility index (Phi) is 5.52. The molecule has 4 nitrogen and oxygen atoms in total. The predicted octanol–water partition coefficient (Wildman–Crippen LogP) is 4.58. The van der Waals surface area contributed by atoms with Crippen molar-refractivity contribution in [1.29, 1.82) is 0 Å². The van der Waals surface area contributed by atoms with Gasteiger partial charge in [-0.1, -0.05) is 35.3 Å². The largest absolute Gasteiger partial charge is 0.272 e. The molecule has 0 bridgehead atoms. The molecule has 24 heavy (non-hydrogen) atoms. The molecule has 0 radical (unpaired) electrons. The van der Waals surface area contributed by atoms with E-state index in [0.717, 1.165) is 0 Å². The second kappa shape index (κ2) is 7.24. The molecule has 1 N–H and O–H groups in total. The zero-order chi connectivity index (χ0) is 17.9. The summed E-state index contributed by atoms with van der Waals surface area (Å²) in [6.45, 7) is 5.48. The first-order chi connectivity index (χ1) is 11.2. The lowest BCUT2D eigenvalue weighted by atomic mass is 10.1. The van der Waals surface area contributed by atoms with E-state index < -0.39 is 11.4 Å². The molecule has 0 unspecified atom stereocenters. The zero-order valence-corrected chi connectivity index (χ0v) is 15.2. The molecule has 0 atom stereocenters. The van der Waals surface area contributed by atoms with Crippen LogP contribution in [0, 0.1) is 0 Å². The third kappa shape index (κ3) is 4.28. The lowest BCUT2D eigenvalue weighted by Gasteiger charge is -2.35. The van der Waals surface area contributed by atoms with E-state index in [1.807, 2.05) is 20.8 Å². The molecule has 0 aromatic heterocycles. The highest BCUT2D eigenvalue weighted by atomic mass is 35.5. The van der Waals surface area contributed by atoms with Crippen LogP contribution in [0.1, 0.15) is 41.5 Å². The lowest BCUT2D eigenvalue weighted by molar-refractivity contribution is 0.0358. The molecule has 0 aliphatic heterocycles. The second-order valence-corrected chi connectivity index (χ2v) is 7.08. The zero-order valence-electron chi connectivity index (χ0n) is 13.6. The molecule has 6 heteroatoms. The molecular formula is C18H18Cl2N2O2. The van der Waals surface area contributed by atoms with Gasteiger partial charge in [0.2, 0.25) is 0 Å². The third-order valence-corrected chi connectivity index (χ3v) is 3.88. The fourth-order valence-electron chi connectivity index (χ4n) is 2.05. The van der Waals surface area contributed by atoms with Gasteiger partial charge in [0, 0.05) is 10.6 Å². The molecule has 126 valence electrons. The van der Waals surface area contributed by atoms with Gasteiger partial charge >= 0.3 is 0 Å². The quantitative estimate of drug-likeness (QED) is 0.792. The van der Waals surface area contributed by atoms with Crippen molar-refractivity contribution in [3.63, 3.8) is 0 Å². The fourth-order valence-corrected chi connectivity index (χ4v) is 2.40. The number of carbonyl (C=O) groups excluding carboxylic acids is 2. The van der Waals surface area contributed by atoms with Crippen LogP contribution in [0.5, 0.6) is 0 Å². The molecular weight excluding hydrogens is 347 g/mol. The Morgan fingerprint density at radius 1 is 0.958 bits per heavy atom. The highest BCUT2D eigenvalue weighted by Gasteiger charge is 2.30. The number of hydrazine groups is 1. The Balaban J connectivity index is 2.29. The Hall–Kier alpha value is -2.04. The maximum Gasteiger partial charge on any atom is 0.272 e. The van der Waals surface area contributed by atoms with Gasteiger partial charge in [-0.2, -0.15) is 0 Å². The highest BCUT2D eigenvalue weighted by molar-refractivity contribution is 6.33. The summed E-state index contributed by atoms with van der Waals surface area (Å²) >= 11 is 11.9. The predicted molar refractivity (Wildman–Crippen MR) is 96.3 cm³/mol. The first-order valence-corrected chi connectivity index (χ1v) is 8.11. The molecule has 0 saturated heterocycles. The third-order valence-electron chi connectivity index (χ3n) is 3.30. The molecule has 0 aliphatic rings. The van der Waals surface area contributed by atoms with Crippen molar-refractivity contribution in [3.05, 3.63) is 69.7 Å². The molecule has 2 aromatic rings. The van der Waals surface area contributed by atoms with Crippen LogP contribution in [0.2, 0.25) is 10.0 Å². The number of hydrogen-bond acceptors (Lipinski definition) is 2. The molecule has 0 aliphatic carbocycles. The average molecular weight is 365 g/mol. The van der Waals surface area contributed by atoms with E-state index >= 15 is 0 Å². The minimum atomic E-state index is -0.631. The molecule has 0 spiro atoms. The van der Waals surface area contributed by atoms with Gasteiger partial charge in [0.05, 0.1) is 16.1 Å². The van der Waals surface area contributed by atoms with Crippen molar-refractivity contribution in [3.8, 4) is 0 Å². The van der Waals surface area contributed by atoms with Crippen LogP contribution >= 0.6 is 23.2 Å². The Labute approximate surface area is 151 Å². The molecule has 2 rings (SSSR count). The van der Waals surface area contributed by atoms with E-state index in [9.17, 15) is 9.59 Å². The Morgan fingerprint density at radius 2 is 1.54 bits per heavy atom. The van der Waals surface area contributed by atoms with Gasteiger partial charge in [-0.15, -0.1) is 0 Å². The van der Waals surface area contributed by atoms with Crippen molar-refractivity contribution in [2.75, 3.05) is 0 Å². The van der Waals surface area contributed by atoms with Crippen LogP contribution in [-0.2, 0) is 0 Å². The first kappa shape index (κ1) is 18.3.